The van der Waals surface area contributed by atoms with Crippen molar-refractivity contribution in [1.29, 1.82) is 0 Å². The third-order valence-corrected chi connectivity index (χ3v) is 4.89. The summed E-state index contributed by atoms with van der Waals surface area (Å²) in [5.74, 6) is 0. The average Bonchev–Trinajstić information content (AvgIpc) is 3.17. The molecule has 0 aliphatic carbocycles. The number of aromatic nitrogens is 3. The van der Waals surface area contributed by atoms with E-state index in [1.54, 1.807) is 0 Å². The molecular weight excluding hydrogens is 324 g/mol. The predicted octanol–water partition coefficient (Wildman–Crippen LogP) is 3.58. The van der Waals surface area contributed by atoms with Gasteiger partial charge in [0.1, 0.15) is 0 Å². The Hall–Kier alpha value is -2.50. The quantitative estimate of drug-likeness (QED) is 0.683. The smallest absolute Gasteiger partial charge is 0.0936 e. The summed E-state index contributed by atoms with van der Waals surface area (Å²) in [5.41, 5.74) is 3.53. The Labute approximate surface area is 154 Å². The van der Waals surface area contributed by atoms with E-state index in [-0.39, 0.29) is 0 Å². The van der Waals surface area contributed by atoms with Crippen LogP contribution in [-0.2, 0) is 18.0 Å². The normalized spacial score (nSPS) is 16.0. The van der Waals surface area contributed by atoms with Crippen molar-refractivity contribution in [1.82, 2.24) is 19.7 Å². The summed E-state index contributed by atoms with van der Waals surface area (Å²) >= 11 is 0. The van der Waals surface area contributed by atoms with Gasteiger partial charge in [-0.05, 0) is 36.6 Å². The zero-order valence-corrected chi connectivity index (χ0v) is 14.9. The van der Waals surface area contributed by atoms with Gasteiger partial charge in [0.15, 0.2) is 0 Å². The van der Waals surface area contributed by atoms with Gasteiger partial charge in [-0.3, -0.25) is 14.6 Å². The van der Waals surface area contributed by atoms with Gasteiger partial charge in [-0.1, -0.05) is 30.3 Å². The summed E-state index contributed by atoms with van der Waals surface area (Å²) in [7, 11) is 0. The molecule has 1 fully saturated rings. The van der Waals surface area contributed by atoms with Crippen LogP contribution in [0.4, 0.5) is 0 Å². The van der Waals surface area contributed by atoms with Crippen LogP contribution in [-0.4, -0.2) is 38.9 Å². The van der Waals surface area contributed by atoms with E-state index in [0.717, 1.165) is 43.9 Å². The molecule has 5 nitrogen and oxygen atoms in total. The van der Waals surface area contributed by atoms with Crippen molar-refractivity contribution >= 4 is 0 Å². The molecule has 3 heterocycles. The second-order valence-corrected chi connectivity index (χ2v) is 6.71. The lowest BCUT2D eigenvalue weighted by molar-refractivity contribution is -0.00891. The van der Waals surface area contributed by atoms with Gasteiger partial charge in [-0.15, -0.1) is 0 Å². The Balaban J connectivity index is 1.29. The highest BCUT2D eigenvalue weighted by atomic mass is 16.5. The molecule has 1 aliphatic heterocycles. The highest BCUT2D eigenvalue weighted by molar-refractivity contribution is 5.58. The Bertz CT molecular complexity index is 795. The van der Waals surface area contributed by atoms with Gasteiger partial charge in [-0.25, -0.2) is 0 Å². The van der Waals surface area contributed by atoms with Gasteiger partial charge in [0.25, 0.3) is 0 Å². The molecule has 0 bridgehead atoms. The summed E-state index contributed by atoms with van der Waals surface area (Å²) in [5, 5.41) is 4.51. The summed E-state index contributed by atoms with van der Waals surface area (Å²) in [4.78, 5) is 6.54. The molecule has 1 saturated heterocycles. The number of nitrogens with zero attached hydrogens (tertiary/aromatic N) is 4. The molecular formula is C21H24N4O. The van der Waals surface area contributed by atoms with E-state index in [2.05, 4.69) is 50.0 Å². The first-order chi connectivity index (χ1) is 12.9. The molecule has 3 aromatic rings. The zero-order chi connectivity index (χ0) is 17.6. The van der Waals surface area contributed by atoms with Crippen molar-refractivity contribution in [3.05, 3.63) is 72.7 Å². The molecule has 5 heteroatoms. The molecule has 0 atom stereocenters. The molecule has 0 spiro atoms. The second-order valence-electron chi connectivity index (χ2n) is 6.71. The minimum Gasteiger partial charge on any atom is -0.373 e. The molecule has 0 radical (unpaired) electrons. The third kappa shape index (κ3) is 4.18. The number of rotatable bonds is 6. The number of hydrogen-bond acceptors (Lipinski definition) is 4. The Morgan fingerprint density at radius 2 is 1.69 bits per heavy atom. The highest BCUT2D eigenvalue weighted by Crippen LogP contribution is 2.20. The number of hydrogen-bond donors (Lipinski definition) is 0. The van der Waals surface area contributed by atoms with Gasteiger partial charge in [-0.2, -0.15) is 5.10 Å². The van der Waals surface area contributed by atoms with Crippen molar-refractivity contribution in [2.75, 3.05) is 13.1 Å². The van der Waals surface area contributed by atoms with E-state index in [4.69, 9.17) is 4.74 Å². The molecule has 0 saturated carbocycles. The SMILES string of the molecule is c1ccc(COC2CCN(Cn3nccc3-c3ccncc3)CC2)cc1. The van der Waals surface area contributed by atoms with Gasteiger partial charge in [0.05, 0.1) is 25.1 Å². The molecule has 0 N–H and O–H groups in total. The lowest BCUT2D eigenvalue weighted by Crippen LogP contribution is -2.38. The van der Waals surface area contributed by atoms with E-state index in [1.165, 1.54) is 5.56 Å². The third-order valence-electron chi connectivity index (χ3n) is 4.89. The van der Waals surface area contributed by atoms with Crippen LogP contribution in [0.25, 0.3) is 11.3 Å². The second kappa shape index (κ2) is 8.25. The topological polar surface area (TPSA) is 43.2 Å². The van der Waals surface area contributed by atoms with Crippen LogP contribution in [0.15, 0.2) is 67.1 Å². The highest BCUT2D eigenvalue weighted by Gasteiger charge is 2.20. The van der Waals surface area contributed by atoms with Crippen molar-refractivity contribution in [3.63, 3.8) is 0 Å². The number of likely N-dealkylation sites (tertiary alicyclic amines) is 1. The Morgan fingerprint density at radius 1 is 0.923 bits per heavy atom. The fraction of sp³-hybridized carbons (Fsp3) is 0.333. The van der Waals surface area contributed by atoms with E-state index in [9.17, 15) is 0 Å². The summed E-state index contributed by atoms with van der Waals surface area (Å²) in [6.07, 6.45) is 8.00. The number of piperidine rings is 1. The van der Waals surface area contributed by atoms with Crippen LogP contribution in [0.3, 0.4) is 0 Å². The fourth-order valence-corrected chi connectivity index (χ4v) is 3.41. The molecule has 1 aromatic carbocycles. The van der Waals surface area contributed by atoms with Gasteiger partial charge in [0, 0.05) is 37.2 Å². The standard InChI is InChI=1S/C21H24N4O/c1-2-4-18(5-3-1)16-26-20-9-14-24(15-10-20)17-25-21(8-13-23-25)19-6-11-22-12-7-19/h1-8,11-13,20H,9-10,14-17H2. The summed E-state index contributed by atoms with van der Waals surface area (Å²) in [6.45, 7) is 3.59. The van der Waals surface area contributed by atoms with Crippen LogP contribution in [0.5, 0.6) is 0 Å². The van der Waals surface area contributed by atoms with Crippen LogP contribution in [0, 0.1) is 0 Å². The molecule has 4 rings (SSSR count). The maximum Gasteiger partial charge on any atom is 0.0936 e. The number of pyridine rings is 1. The molecule has 0 unspecified atom stereocenters. The van der Waals surface area contributed by atoms with Crippen LogP contribution >= 0.6 is 0 Å². The molecule has 1 aliphatic rings. The lowest BCUT2D eigenvalue weighted by atomic mass is 10.1. The molecule has 2 aromatic heterocycles. The molecule has 0 amide bonds. The first kappa shape index (κ1) is 16.9. The van der Waals surface area contributed by atoms with Crippen molar-refractivity contribution in [3.8, 4) is 11.3 Å². The zero-order valence-electron chi connectivity index (χ0n) is 14.9. The lowest BCUT2D eigenvalue weighted by Gasteiger charge is -2.32. The summed E-state index contributed by atoms with van der Waals surface area (Å²) in [6, 6.07) is 16.5. The van der Waals surface area contributed by atoms with Crippen LogP contribution in [0.1, 0.15) is 18.4 Å². The Morgan fingerprint density at radius 3 is 2.46 bits per heavy atom. The predicted molar refractivity (Wildman–Crippen MR) is 101 cm³/mol. The van der Waals surface area contributed by atoms with E-state index < -0.39 is 0 Å². The Kier molecular flexibility index (Phi) is 5.38. The largest absolute Gasteiger partial charge is 0.373 e. The summed E-state index contributed by atoms with van der Waals surface area (Å²) < 4.78 is 8.16. The number of ether oxygens (including phenoxy) is 1. The van der Waals surface area contributed by atoms with E-state index in [1.807, 2.05) is 36.8 Å². The number of benzene rings is 1. The molecule has 134 valence electrons. The van der Waals surface area contributed by atoms with Crippen LogP contribution in [0.2, 0.25) is 0 Å². The van der Waals surface area contributed by atoms with Crippen LogP contribution < -0.4 is 0 Å². The van der Waals surface area contributed by atoms with Gasteiger partial charge in [0.2, 0.25) is 0 Å². The minimum atomic E-state index is 0.351. The maximum absolute atomic E-state index is 6.09. The minimum absolute atomic E-state index is 0.351. The van der Waals surface area contributed by atoms with Crippen molar-refractivity contribution < 1.29 is 4.74 Å². The molecule has 26 heavy (non-hydrogen) atoms. The van der Waals surface area contributed by atoms with Gasteiger partial charge >= 0.3 is 0 Å². The van der Waals surface area contributed by atoms with E-state index in [0.29, 0.717) is 12.7 Å². The maximum atomic E-state index is 6.09. The van der Waals surface area contributed by atoms with Gasteiger partial charge < -0.3 is 4.74 Å². The first-order valence-electron chi connectivity index (χ1n) is 9.18. The average molecular weight is 348 g/mol. The first-order valence-corrected chi connectivity index (χ1v) is 9.18. The van der Waals surface area contributed by atoms with E-state index >= 15 is 0 Å². The monoisotopic (exact) mass is 348 g/mol. The van der Waals surface area contributed by atoms with Crippen molar-refractivity contribution in [2.24, 2.45) is 0 Å². The fourth-order valence-electron chi connectivity index (χ4n) is 3.41. The van der Waals surface area contributed by atoms with Crippen molar-refractivity contribution in [2.45, 2.75) is 32.2 Å².